The van der Waals surface area contributed by atoms with Gasteiger partial charge in [0.1, 0.15) is 6.33 Å². The van der Waals surface area contributed by atoms with Crippen molar-refractivity contribution >= 4 is 28.4 Å². The largest absolute Gasteiger partial charge is 0.467 e. The Morgan fingerprint density at radius 2 is 1.71 bits per heavy atom. The van der Waals surface area contributed by atoms with E-state index in [1.165, 1.54) is 6.33 Å². The molecule has 28 heavy (non-hydrogen) atoms. The van der Waals surface area contributed by atoms with Crippen LogP contribution in [0.25, 0.3) is 10.9 Å². The molecule has 2 N–H and O–H groups in total. The zero-order chi connectivity index (χ0) is 20.1. The lowest BCUT2D eigenvalue weighted by Crippen LogP contribution is -2.36. The van der Waals surface area contributed by atoms with Crippen molar-refractivity contribution in [3.63, 3.8) is 0 Å². The first kappa shape index (κ1) is 19.3. The maximum absolute atomic E-state index is 12.2. The molecule has 2 amide bonds. The van der Waals surface area contributed by atoms with Crippen LogP contribution in [-0.4, -0.2) is 34.9 Å². The van der Waals surface area contributed by atoms with E-state index in [1.54, 1.807) is 0 Å². The zero-order valence-corrected chi connectivity index (χ0v) is 16.1. The van der Waals surface area contributed by atoms with E-state index in [1.807, 2.05) is 57.2 Å². The van der Waals surface area contributed by atoms with Gasteiger partial charge in [0.15, 0.2) is 6.61 Å². The lowest BCUT2D eigenvalue weighted by Gasteiger charge is -2.13. The number of nitrogens with zero attached hydrogens (tertiary/aromatic N) is 2. The number of nitrogens with one attached hydrogen (secondary N) is 2. The van der Waals surface area contributed by atoms with E-state index in [2.05, 4.69) is 20.6 Å². The summed E-state index contributed by atoms with van der Waals surface area (Å²) < 4.78 is 5.49. The highest BCUT2D eigenvalue weighted by Gasteiger charge is 2.11. The molecular weight excluding hydrogens is 356 g/mol. The van der Waals surface area contributed by atoms with Gasteiger partial charge in [-0.25, -0.2) is 9.97 Å². The number of aromatic nitrogens is 2. The second-order valence-corrected chi connectivity index (χ2v) is 6.58. The zero-order valence-electron chi connectivity index (χ0n) is 16.1. The molecule has 3 rings (SSSR count). The van der Waals surface area contributed by atoms with Crippen LogP contribution in [0.1, 0.15) is 16.7 Å². The molecule has 0 radical (unpaired) electrons. The van der Waals surface area contributed by atoms with Crippen LogP contribution in [0.2, 0.25) is 0 Å². The van der Waals surface area contributed by atoms with Crippen molar-refractivity contribution < 1.29 is 14.3 Å². The van der Waals surface area contributed by atoms with Crippen LogP contribution < -0.4 is 15.4 Å². The molecule has 2 aromatic carbocycles. The number of carbonyl (C=O) groups is 2. The van der Waals surface area contributed by atoms with Gasteiger partial charge in [-0.15, -0.1) is 0 Å². The Hall–Kier alpha value is -3.48. The number of hydrogen-bond donors (Lipinski definition) is 2. The SMILES string of the molecule is Cc1cc(C)c(NC(=O)CNC(=O)COc2ncnc3ccccc23)c(C)c1. The topological polar surface area (TPSA) is 93.2 Å². The number of amides is 2. The van der Waals surface area contributed by atoms with E-state index in [-0.39, 0.29) is 19.1 Å². The van der Waals surface area contributed by atoms with Gasteiger partial charge in [-0.1, -0.05) is 29.8 Å². The summed E-state index contributed by atoms with van der Waals surface area (Å²) in [6.07, 6.45) is 1.38. The van der Waals surface area contributed by atoms with Crippen molar-refractivity contribution in [2.24, 2.45) is 0 Å². The van der Waals surface area contributed by atoms with Gasteiger partial charge >= 0.3 is 0 Å². The summed E-state index contributed by atoms with van der Waals surface area (Å²) >= 11 is 0. The van der Waals surface area contributed by atoms with Gasteiger partial charge in [-0.2, -0.15) is 0 Å². The van der Waals surface area contributed by atoms with Crippen LogP contribution in [0.15, 0.2) is 42.7 Å². The summed E-state index contributed by atoms with van der Waals surface area (Å²) in [5.41, 5.74) is 4.60. The fourth-order valence-corrected chi connectivity index (χ4v) is 3.02. The van der Waals surface area contributed by atoms with Crippen LogP contribution in [0.3, 0.4) is 0 Å². The Labute approximate surface area is 163 Å². The molecule has 144 valence electrons. The molecule has 1 aromatic heterocycles. The highest BCUT2D eigenvalue weighted by atomic mass is 16.5. The monoisotopic (exact) mass is 378 g/mol. The summed E-state index contributed by atoms with van der Waals surface area (Å²) in [7, 11) is 0. The lowest BCUT2D eigenvalue weighted by atomic mass is 10.1. The van der Waals surface area contributed by atoms with Crippen molar-refractivity contribution in [2.45, 2.75) is 20.8 Å². The number of para-hydroxylation sites is 1. The molecule has 0 unspecified atom stereocenters. The average molecular weight is 378 g/mol. The molecule has 0 spiro atoms. The third-order valence-corrected chi connectivity index (χ3v) is 4.23. The average Bonchev–Trinajstić information content (AvgIpc) is 2.67. The van der Waals surface area contributed by atoms with Crippen LogP contribution >= 0.6 is 0 Å². The molecule has 0 atom stereocenters. The minimum Gasteiger partial charge on any atom is -0.467 e. The van der Waals surface area contributed by atoms with Crippen molar-refractivity contribution in [3.8, 4) is 5.88 Å². The number of ether oxygens (including phenoxy) is 1. The smallest absolute Gasteiger partial charge is 0.258 e. The first-order valence-corrected chi connectivity index (χ1v) is 8.91. The fourth-order valence-electron chi connectivity index (χ4n) is 3.02. The first-order valence-electron chi connectivity index (χ1n) is 8.91. The fraction of sp³-hybridized carbons (Fsp3) is 0.238. The number of carbonyl (C=O) groups excluding carboxylic acids is 2. The van der Waals surface area contributed by atoms with Gasteiger partial charge in [-0.05, 0) is 44.0 Å². The number of anilines is 1. The molecule has 0 saturated carbocycles. The molecule has 0 aliphatic rings. The predicted molar refractivity (Wildman–Crippen MR) is 107 cm³/mol. The van der Waals surface area contributed by atoms with Crippen molar-refractivity contribution in [1.82, 2.24) is 15.3 Å². The minimum atomic E-state index is -0.407. The lowest BCUT2D eigenvalue weighted by molar-refractivity contribution is -0.125. The third-order valence-electron chi connectivity index (χ3n) is 4.23. The Kier molecular flexibility index (Phi) is 5.84. The van der Waals surface area contributed by atoms with Crippen LogP contribution in [0.4, 0.5) is 5.69 Å². The normalized spacial score (nSPS) is 10.5. The van der Waals surface area contributed by atoms with Crippen LogP contribution in [0.5, 0.6) is 5.88 Å². The maximum Gasteiger partial charge on any atom is 0.258 e. The van der Waals surface area contributed by atoms with Crippen molar-refractivity contribution in [3.05, 3.63) is 59.4 Å². The van der Waals surface area contributed by atoms with Gasteiger partial charge in [0, 0.05) is 5.69 Å². The van der Waals surface area contributed by atoms with E-state index >= 15 is 0 Å². The van der Waals surface area contributed by atoms with E-state index < -0.39 is 5.91 Å². The summed E-state index contributed by atoms with van der Waals surface area (Å²) in [5.74, 6) is -0.373. The predicted octanol–water partition coefficient (Wildman–Crippen LogP) is 2.69. The third kappa shape index (κ3) is 4.62. The Morgan fingerprint density at radius 3 is 2.46 bits per heavy atom. The molecule has 1 heterocycles. The Morgan fingerprint density at radius 1 is 1.00 bits per heavy atom. The molecule has 7 nitrogen and oxygen atoms in total. The molecule has 3 aromatic rings. The highest BCUT2D eigenvalue weighted by Crippen LogP contribution is 2.22. The number of benzene rings is 2. The molecule has 0 aliphatic carbocycles. The van der Waals surface area contributed by atoms with Gasteiger partial charge in [0.25, 0.3) is 5.91 Å². The van der Waals surface area contributed by atoms with Crippen molar-refractivity contribution in [1.29, 1.82) is 0 Å². The summed E-state index contributed by atoms with van der Waals surface area (Å²) in [4.78, 5) is 32.4. The number of rotatable bonds is 6. The van der Waals surface area contributed by atoms with E-state index in [0.29, 0.717) is 5.88 Å². The van der Waals surface area contributed by atoms with Gasteiger partial charge in [0.2, 0.25) is 11.8 Å². The molecule has 0 fully saturated rings. The van der Waals surface area contributed by atoms with E-state index in [0.717, 1.165) is 33.3 Å². The first-order chi connectivity index (χ1) is 13.4. The van der Waals surface area contributed by atoms with Crippen molar-refractivity contribution in [2.75, 3.05) is 18.5 Å². The maximum atomic E-state index is 12.2. The quantitative estimate of drug-likeness (QED) is 0.688. The molecule has 7 heteroatoms. The highest BCUT2D eigenvalue weighted by molar-refractivity contribution is 5.96. The molecule has 0 aliphatic heterocycles. The van der Waals surface area contributed by atoms with Crippen LogP contribution in [-0.2, 0) is 9.59 Å². The Balaban J connectivity index is 1.52. The summed E-state index contributed by atoms with van der Waals surface area (Å²) in [6, 6.07) is 11.4. The minimum absolute atomic E-state index is 0.139. The van der Waals surface area contributed by atoms with Gasteiger partial charge < -0.3 is 15.4 Å². The summed E-state index contributed by atoms with van der Waals surface area (Å²) in [5, 5.41) is 6.12. The van der Waals surface area contributed by atoms with Crippen LogP contribution in [0, 0.1) is 20.8 Å². The van der Waals surface area contributed by atoms with Gasteiger partial charge in [0.05, 0.1) is 17.4 Å². The standard InChI is InChI=1S/C21H22N4O3/c1-13-8-14(2)20(15(3)9-13)25-18(26)10-22-19(27)11-28-21-16-6-4-5-7-17(16)23-12-24-21/h4-9,12H,10-11H2,1-3H3,(H,22,27)(H,25,26). The summed E-state index contributed by atoms with van der Waals surface area (Å²) in [6.45, 7) is 5.51. The van der Waals surface area contributed by atoms with E-state index in [9.17, 15) is 9.59 Å². The second-order valence-electron chi connectivity index (χ2n) is 6.58. The molecule has 0 saturated heterocycles. The number of fused-ring (bicyclic) bond motifs is 1. The Bertz CT molecular complexity index is 1000. The molecule has 0 bridgehead atoms. The van der Waals surface area contributed by atoms with Gasteiger partial charge in [-0.3, -0.25) is 9.59 Å². The number of aryl methyl sites for hydroxylation is 3. The second kappa shape index (κ2) is 8.47. The number of hydrogen-bond acceptors (Lipinski definition) is 5. The molecular formula is C21H22N4O3. The van der Waals surface area contributed by atoms with E-state index in [4.69, 9.17) is 4.74 Å².